The third-order valence-electron chi connectivity index (χ3n) is 5.79. The first-order chi connectivity index (χ1) is 14.3. The zero-order valence-electron chi connectivity index (χ0n) is 16.9. The fourth-order valence-corrected chi connectivity index (χ4v) is 5.34. The summed E-state index contributed by atoms with van der Waals surface area (Å²) in [5.41, 5.74) is 3.11. The van der Waals surface area contributed by atoms with E-state index in [1.54, 1.807) is 19.1 Å². The number of sulfonamides is 1. The third-order valence-corrected chi connectivity index (χ3v) is 7.70. The highest BCUT2D eigenvalue weighted by Crippen LogP contribution is 2.30. The summed E-state index contributed by atoms with van der Waals surface area (Å²) in [5.74, 6) is -0.641. The molecule has 1 atom stereocenters. The molecule has 8 heteroatoms. The number of benzene rings is 1. The number of carbonyl (C=O) groups is 2. The molecule has 0 saturated carbocycles. The zero-order valence-corrected chi connectivity index (χ0v) is 17.7. The molecule has 1 fully saturated rings. The second-order valence-electron chi connectivity index (χ2n) is 7.68. The van der Waals surface area contributed by atoms with Crippen LogP contribution in [0.25, 0.3) is 0 Å². The van der Waals surface area contributed by atoms with Crippen molar-refractivity contribution in [2.45, 2.75) is 31.6 Å². The first kappa shape index (κ1) is 20.4. The van der Waals surface area contributed by atoms with Crippen LogP contribution in [-0.2, 0) is 14.8 Å². The molecule has 2 amide bonds. The molecule has 0 spiro atoms. The van der Waals surface area contributed by atoms with Crippen LogP contribution in [0.1, 0.15) is 37.0 Å². The number of hydrogen-bond acceptors (Lipinski definition) is 4. The molecule has 3 aliphatic rings. The first-order valence-corrected chi connectivity index (χ1v) is 11.3. The molecular weight excluding hydrogens is 402 g/mol. The lowest BCUT2D eigenvalue weighted by Gasteiger charge is -2.28. The van der Waals surface area contributed by atoms with Gasteiger partial charge in [0.15, 0.2) is 0 Å². The van der Waals surface area contributed by atoms with Gasteiger partial charge in [-0.25, -0.2) is 13.4 Å². The average molecular weight is 426 g/mol. The van der Waals surface area contributed by atoms with Gasteiger partial charge in [-0.2, -0.15) is 4.31 Å². The van der Waals surface area contributed by atoms with E-state index in [0.717, 1.165) is 18.4 Å². The molecule has 1 aromatic carbocycles. The summed E-state index contributed by atoms with van der Waals surface area (Å²) in [6, 6.07) is 5.86. The number of amides is 2. The lowest BCUT2D eigenvalue weighted by atomic mass is 9.85. The molecule has 156 valence electrons. The van der Waals surface area contributed by atoms with Gasteiger partial charge in [0.1, 0.15) is 0 Å². The Bertz CT molecular complexity index is 1140. The van der Waals surface area contributed by atoms with Gasteiger partial charge in [0.05, 0.1) is 10.6 Å². The Morgan fingerprint density at radius 3 is 2.47 bits per heavy atom. The monoisotopic (exact) mass is 425 g/mol. The normalized spacial score (nSPS) is 23.4. The fourth-order valence-electron chi connectivity index (χ4n) is 3.82. The lowest BCUT2D eigenvalue weighted by molar-refractivity contribution is -0.117. The molecule has 1 aliphatic carbocycles. The highest BCUT2D eigenvalue weighted by molar-refractivity contribution is 7.89. The van der Waals surface area contributed by atoms with Crippen LogP contribution in [-0.4, -0.2) is 43.3 Å². The topological polar surface area (TPSA) is 95.9 Å². The quantitative estimate of drug-likeness (QED) is 0.805. The Morgan fingerprint density at radius 2 is 1.80 bits per heavy atom. The molecule has 1 aromatic rings. The van der Waals surface area contributed by atoms with Crippen molar-refractivity contribution >= 4 is 27.5 Å². The van der Waals surface area contributed by atoms with Gasteiger partial charge in [0.2, 0.25) is 10.0 Å². The number of allylic oxidation sites excluding steroid dienone is 3. The van der Waals surface area contributed by atoms with E-state index < -0.39 is 15.9 Å². The molecule has 2 aliphatic heterocycles. The molecule has 2 heterocycles. The molecule has 4 rings (SSSR count). The van der Waals surface area contributed by atoms with Crippen molar-refractivity contribution in [2.75, 3.05) is 13.1 Å². The minimum absolute atomic E-state index is 0.0215. The van der Waals surface area contributed by atoms with Gasteiger partial charge < -0.3 is 5.32 Å². The molecule has 30 heavy (non-hydrogen) atoms. The van der Waals surface area contributed by atoms with Crippen molar-refractivity contribution in [1.82, 2.24) is 9.62 Å². The number of hydrogen-bond donors (Lipinski definition) is 1. The van der Waals surface area contributed by atoms with Crippen molar-refractivity contribution in [1.29, 1.82) is 0 Å². The second-order valence-corrected chi connectivity index (χ2v) is 9.61. The van der Waals surface area contributed by atoms with E-state index in [0.29, 0.717) is 35.6 Å². The van der Waals surface area contributed by atoms with Crippen molar-refractivity contribution in [3.05, 3.63) is 64.9 Å². The van der Waals surface area contributed by atoms with Gasteiger partial charge in [-0.15, -0.1) is 0 Å². The Morgan fingerprint density at radius 1 is 1.13 bits per heavy atom. The molecular formula is C22H23N3O4S. The lowest BCUT2D eigenvalue weighted by Crippen LogP contribution is -2.35. The van der Waals surface area contributed by atoms with E-state index in [-0.39, 0.29) is 16.7 Å². The summed E-state index contributed by atoms with van der Waals surface area (Å²) in [6.07, 6.45) is 7.10. The highest BCUT2D eigenvalue weighted by Gasteiger charge is 2.28. The summed E-state index contributed by atoms with van der Waals surface area (Å²) in [5, 5.41) is 2.84. The second kappa shape index (κ2) is 7.77. The van der Waals surface area contributed by atoms with E-state index >= 15 is 0 Å². The predicted octanol–water partition coefficient (Wildman–Crippen LogP) is 2.59. The van der Waals surface area contributed by atoms with E-state index in [1.165, 1.54) is 28.6 Å². The Hall–Kier alpha value is -2.84. The molecule has 0 radical (unpaired) electrons. The zero-order chi connectivity index (χ0) is 21.5. The summed E-state index contributed by atoms with van der Waals surface area (Å²) in [6.45, 7) is 4.77. The van der Waals surface area contributed by atoms with Crippen LogP contribution in [0.4, 0.5) is 0 Å². The van der Waals surface area contributed by atoms with Gasteiger partial charge in [0, 0.05) is 35.8 Å². The third kappa shape index (κ3) is 3.68. The molecule has 1 unspecified atom stereocenters. The summed E-state index contributed by atoms with van der Waals surface area (Å²) in [7, 11) is -3.52. The van der Waals surface area contributed by atoms with Crippen LogP contribution in [0.3, 0.4) is 0 Å². The molecule has 0 aromatic heterocycles. The van der Waals surface area contributed by atoms with Crippen LogP contribution in [0, 0.1) is 5.92 Å². The predicted molar refractivity (Wildman–Crippen MR) is 113 cm³/mol. The summed E-state index contributed by atoms with van der Waals surface area (Å²) < 4.78 is 26.7. The largest absolute Gasteiger partial charge is 0.325 e. The van der Waals surface area contributed by atoms with Crippen LogP contribution in [0.15, 0.2) is 69.2 Å². The minimum atomic E-state index is -3.52. The Kier molecular flexibility index (Phi) is 5.29. The van der Waals surface area contributed by atoms with Gasteiger partial charge in [-0.3, -0.25) is 9.59 Å². The first-order valence-electron chi connectivity index (χ1n) is 9.89. The molecule has 1 N–H and O–H groups in total. The number of aliphatic imine (C=N–C) groups is 1. The Labute approximate surface area is 175 Å². The number of fused-ring (bicyclic) bond motifs is 1. The van der Waals surface area contributed by atoms with E-state index in [9.17, 15) is 18.0 Å². The maximum absolute atomic E-state index is 12.6. The van der Waals surface area contributed by atoms with Crippen LogP contribution >= 0.6 is 0 Å². The van der Waals surface area contributed by atoms with Gasteiger partial charge in [-0.05, 0) is 63.1 Å². The van der Waals surface area contributed by atoms with E-state index in [1.807, 2.05) is 13.0 Å². The fraction of sp³-hybridized carbons (Fsp3) is 0.318. The average Bonchev–Trinajstić information content (AvgIpc) is 3.28. The Balaban J connectivity index is 1.53. The van der Waals surface area contributed by atoms with Crippen LogP contribution < -0.4 is 5.32 Å². The van der Waals surface area contributed by atoms with Crippen molar-refractivity contribution in [2.24, 2.45) is 10.9 Å². The van der Waals surface area contributed by atoms with E-state index in [2.05, 4.69) is 10.3 Å². The molecule has 0 bridgehead atoms. The van der Waals surface area contributed by atoms with Crippen molar-refractivity contribution < 1.29 is 18.0 Å². The van der Waals surface area contributed by atoms with Crippen molar-refractivity contribution in [3.63, 3.8) is 0 Å². The highest BCUT2D eigenvalue weighted by atomic mass is 32.2. The minimum Gasteiger partial charge on any atom is -0.325 e. The van der Waals surface area contributed by atoms with Gasteiger partial charge >= 0.3 is 0 Å². The molecule has 7 nitrogen and oxygen atoms in total. The van der Waals surface area contributed by atoms with Crippen LogP contribution in [0.2, 0.25) is 0 Å². The van der Waals surface area contributed by atoms with Crippen LogP contribution in [0.5, 0.6) is 0 Å². The molecule has 1 saturated heterocycles. The number of nitrogens with one attached hydrogen (secondary N) is 1. The smallest absolute Gasteiger partial charge is 0.277 e. The maximum Gasteiger partial charge on any atom is 0.277 e. The van der Waals surface area contributed by atoms with Crippen molar-refractivity contribution in [3.8, 4) is 0 Å². The summed E-state index contributed by atoms with van der Waals surface area (Å²) >= 11 is 0. The van der Waals surface area contributed by atoms with E-state index in [4.69, 9.17) is 0 Å². The maximum atomic E-state index is 12.6. The number of rotatable bonds is 3. The van der Waals surface area contributed by atoms with Gasteiger partial charge in [0.25, 0.3) is 11.8 Å². The summed E-state index contributed by atoms with van der Waals surface area (Å²) in [4.78, 5) is 28.9. The number of nitrogens with zero attached hydrogens (tertiary/aromatic N) is 2. The number of carbonyl (C=O) groups excluding carboxylic acids is 2. The van der Waals surface area contributed by atoms with Gasteiger partial charge in [-0.1, -0.05) is 11.6 Å². The standard InChI is InChI=1S/C22H23N3O4S/c1-14-15(2)21(26)24-20-13-17(7-10-19(14)20)23-22(27)16-5-8-18(9-6-16)30(28,29)25-11-3-4-12-25/h5-10,13,19H,3-4,11-12H2,1-2H3,(H,24,26). The SMILES string of the molecule is CC1=C(C)C2C=CC(=NC(=O)c3ccc(S(=O)(=O)N4CCCC4)cc3)C=C2NC1=O.